The molecular formula is C18H10O7. The lowest BCUT2D eigenvalue weighted by Gasteiger charge is -2.07. The molecule has 0 aliphatic carbocycles. The second-order valence-corrected chi connectivity index (χ2v) is 5.58. The number of phenolic OH excluding ortho intramolecular Hbond substituents is 1. The van der Waals surface area contributed by atoms with Gasteiger partial charge >= 0.3 is 5.97 Å². The van der Waals surface area contributed by atoms with E-state index in [2.05, 4.69) is 0 Å². The van der Waals surface area contributed by atoms with Crippen molar-refractivity contribution < 1.29 is 29.0 Å². The van der Waals surface area contributed by atoms with Crippen LogP contribution in [0.25, 0.3) is 11.0 Å². The highest BCUT2D eigenvalue weighted by Gasteiger charge is 2.24. The molecule has 0 fully saturated rings. The maximum Gasteiger partial charge on any atom is 0.371 e. The van der Waals surface area contributed by atoms with Crippen molar-refractivity contribution >= 4 is 22.7 Å². The number of benzene rings is 2. The van der Waals surface area contributed by atoms with Gasteiger partial charge in [-0.2, -0.15) is 0 Å². The van der Waals surface area contributed by atoms with Crippen LogP contribution in [0.4, 0.5) is 0 Å². The number of carboxylic acid groups (broad SMARTS) is 1. The predicted molar refractivity (Wildman–Crippen MR) is 85.3 cm³/mol. The summed E-state index contributed by atoms with van der Waals surface area (Å²) in [5.41, 5.74) is 0.500. The summed E-state index contributed by atoms with van der Waals surface area (Å²) in [6.45, 7) is 0.0385. The minimum Gasteiger partial charge on any atom is -0.508 e. The number of phenols is 1. The highest BCUT2D eigenvalue weighted by atomic mass is 16.5. The Morgan fingerprint density at radius 1 is 1.04 bits per heavy atom. The largest absolute Gasteiger partial charge is 0.508 e. The van der Waals surface area contributed by atoms with E-state index in [0.717, 1.165) is 6.07 Å². The van der Waals surface area contributed by atoms with Crippen molar-refractivity contribution in [1.29, 1.82) is 0 Å². The molecule has 1 aliphatic heterocycles. The van der Waals surface area contributed by atoms with Gasteiger partial charge in [-0.05, 0) is 24.3 Å². The van der Waals surface area contributed by atoms with E-state index in [0.29, 0.717) is 11.1 Å². The first-order chi connectivity index (χ1) is 11.9. The molecule has 0 atom stereocenters. The van der Waals surface area contributed by atoms with Gasteiger partial charge in [0.1, 0.15) is 23.7 Å². The van der Waals surface area contributed by atoms with Gasteiger partial charge < -0.3 is 19.4 Å². The van der Waals surface area contributed by atoms with Crippen LogP contribution in [0.3, 0.4) is 0 Å². The summed E-state index contributed by atoms with van der Waals surface area (Å²) < 4.78 is 10.8. The third-order valence-corrected chi connectivity index (χ3v) is 4.00. The van der Waals surface area contributed by atoms with E-state index in [4.69, 9.17) is 14.3 Å². The Morgan fingerprint density at radius 2 is 1.84 bits per heavy atom. The van der Waals surface area contributed by atoms with Crippen LogP contribution in [0.5, 0.6) is 11.5 Å². The zero-order valence-corrected chi connectivity index (χ0v) is 12.6. The summed E-state index contributed by atoms with van der Waals surface area (Å²) in [7, 11) is 0. The van der Waals surface area contributed by atoms with Gasteiger partial charge in [-0.15, -0.1) is 0 Å². The molecule has 0 bridgehead atoms. The molecule has 124 valence electrons. The minimum absolute atomic E-state index is 0.00853. The zero-order chi connectivity index (χ0) is 17.7. The molecule has 0 saturated heterocycles. The summed E-state index contributed by atoms with van der Waals surface area (Å²) in [5, 5.41) is 18.7. The van der Waals surface area contributed by atoms with E-state index in [9.17, 15) is 19.5 Å². The lowest BCUT2D eigenvalue weighted by molar-refractivity contribution is 0.0662. The number of aromatic carboxylic acids is 1. The van der Waals surface area contributed by atoms with Gasteiger partial charge in [0.05, 0.1) is 10.9 Å². The van der Waals surface area contributed by atoms with Gasteiger partial charge in [-0.1, -0.05) is 0 Å². The van der Waals surface area contributed by atoms with E-state index in [1.54, 1.807) is 0 Å². The molecule has 0 saturated carbocycles. The fourth-order valence-electron chi connectivity index (χ4n) is 2.81. The molecule has 0 radical (unpaired) electrons. The molecule has 25 heavy (non-hydrogen) atoms. The van der Waals surface area contributed by atoms with Crippen molar-refractivity contribution in [2.24, 2.45) is 0 Å². The van der Waals surface area contributed by atoms with Crippen molar-refractivity contribution in [3.63, 3.8) is 0 Å². The van der Waals surface area contributed by atoms with Crippen molar-refractivity contribution in [3.8, 4) is 11.5 Å². The molecule has 0 unspecified atom stereocenters. The Kier molecular flexibility index (Phi) is 3.11. The topological polar surface area (TPSA) is 114 Å². The number of hydrogen-bond acceptors (Lipinski definition) is 6. The highest BCUT2D eigenvalue weighted by Crippen LogP contribution is 2.32. The first-order valence-electron chi connectivity index (χ1n) is 7.28. The summed E-state index contributed by atoms with van der Waals surface area (Å²) in [6, 6.07) is 7.87. The average molecular weight is 338 g/mol. The lowest BCUT2D eigenvalue weighted by atomic mass is 9.98. The number of carboxylic acids is 1. The first-order valence-corrected chi connectivity index (χ1v) is 7.28. The number of carbonyl (C=O) groups is 2. The lowest BCUT2D eigenvalue weighted by Crippen LogP contribution is -2.08. The second kappa shape index (κ2) is 5.20. The normalized spacial score (nSPS) is 12.9. The summed E-state index contributed by atoms with van der Waals surface area (Å²) in [4.78, 5) is 36.0. The SMILES string of the molecule is O=C(O)c1cc(=O)c2cc3c(cc2o1)OCc1cc(O)ccc1C3=O. The third-order valence-electron chi connectivity index (χ3n) is 4.00. The molecule has 0 spiro atoms. The smallest absolute Gasteiger partial charge is 0.371 e. The maximum absolute atomic E-state index is 12.8. The van der Waals surface area contributed by atoms with Gasteiger partial charge in [0, 0.05) is 23.3 Å². The van der Waals surface area contributed by atoms with Crippen LogP contribution in [0.1, 0.15) is 32.0 Å². The second-order valence-electron chi connectivity index (χ2n) is 5.58. The minimum atomic E-state index is -1.37. The van der Waals surface area contributed by atoms with E-state index >= 15 is 0 Å². The van der Waals surface area contributed by atoms with E-state index in [-0.39, 0.29) is 40.4 Å². The van der Waals surface area contributed by atoms with Gasteiger partial charge in [0.2, 0.25) is 5.76 Å². The quantitative estimate of drug-likeness (QED) is 0.700. The van der Waals surface area contributed by atoms with Crippen LogP contribution in [-0.4, -0.2) is 22.0 Å². The average Bonchev–Trinajstić information content (AvgIpc) is 2.70. The standard InChI is InChI=1S/C18H10O7/c19-9-1-2-10-8(3-9)7-24-14-6-15-11(4-12(14)17(10)21)13(20)5-16(25-15)18(22)23/h1-6,19H,7H2,(H,22,23). The van der Waals surface area contributed by atoms with E-state index in [1.807, 2.05) is 0 Å². The first kappa shape index (κ1) is 14.9. The summed E-state index contributed by atoms with van der Waals surface area (Å²) >= 11 is 0. The fraction of sp³-hybridized carbons (Fsp3) is 0.0556. The van der Waals surface area contributed by atoms with Crippen LogP contribution in [0, 0.1) is 0 Å². The van der Waals surface area contributed by atoms with Crippen molar-refractivity contribution in [3.05, 3.63) is 69.1 Å². The molecule has 0 amide bonds. The van der Waals surface area contributed by atoms with Gasteiger partial charge in [-0.25, -0.2) is 4.79 Å². The summed E-state index contributed by atoms with van der Waals surface area (Å²) in [6.07, 6.45) is 0. The molecule has 1 aromatic heterocycles. The van der Waals surface area contributed by atoms with E-state index in [1.165, 1.54) is 30.3 Å². The highest BCUT2D eigenvalue weighted by molar-refractivity contribution is 6.13. The molecule has 7 heteroatoms. The van der Waals surface area contributed by atoms with Crippen LogP contribution in [-0.2, 0) is 6.61 Å². The molecule has 2 N–H and O–H groups in total. The monoisotopic (exact) mass is 338 g/mol. The maximum atomic E-state index is 12.8. The van der Waals surface area contributed by atoms with Crippen LogP contribution < -0.4 is 10.2 Å². The predicted octanol–water partition coefficient (Wildman–Crippen LogP) is 2.32. The van der Waals surface area contributed by atoms with Crippen molar-refractivity contribution in [2.45, 2.75) is 6.61 Å². The van der Waals surface area contributed by atoms with Crippen molar-refractivity contribution in [1.82, 2.24) is 0 Å². The number of rotatable bonds is 1. The number of fused-ring (bicyclic) bond motifs is 3. The van der Waals surface area contributed by atoms with E-state index < -0.39 is 17.2 Å². The Morgan fingerprint density at radius 3 is 2.60 bits per heavy atom. The van der Waals surface area contributed by atoms with Crippen LogP contribution in [0.15, 0.2) is 45.6 Å². The Balaban J connectivity index is 1.96. The Labute approximate surface area is 139 Å². The molecular weight excluding hydrogens is 328 g/mol. The van der Waals surface area contributed by atoms with Crippen LogP contribution >= 0.6 is 0 Å². The Hall–Kier alpha value is -3.61. The molecule has 7 nitrogen and oxygen atoms in total. The zero-order valence-electron chi connectivity index (χ0n) is 12.6. The number of ether oxygens (including phenoxy) is 1. The Bertz CT molecular complexity index is 1120. The number of hydrogen-bond donors (Lipinski definition) is 2. The number of carbonyl (C=O) groups excluding carboxylic acids is 1. The number of ketones is 1. The summed E-state index contributed by atoms with van der Waals surface area (Å²) in [5.74, 6) is -2.03. The third kappa shape index (κ3) is 2.33. The number of aromatic hydroxyl groups is 1. The fourth-order valence-corrected chi connectivity index (χ4v) is 2.81. The molecule has 2 heterocycles. The molecule has 1 aliphatic rings. The molecule has 2 aromatic carbocycles. The molecule has 3 aromatic rings. The van der Waals surface area contributed by atoms with Crippen molar-refractivity contribution in [2.75, 3.05) is 0 Å². The van der Waals surface area contributed by atoms with Crippen LogP contribution in [0.2, 0.25) is 0 Å². The van der Waals surface area contributed by atoms with Gasteiger partial charge in [0.25, 0.3) is 0 Å². The van der Waals surface area contributed by atoms with Gasteiger partial charge in [-0.3, -0.25) is 9.59 Å². The van der Waals surface area contributed by atoms with Gasteiger partial charge in [0.15, 0.2) is 11.2 Å². The molecule has 4 rings (SSSR count).